The average Bonchev–Trinajstić information content (AvgIpc) is 2.12. The van der Waals surface area contributed by atoms with Gasteiger partial charge in [-0.1, -0.05) is 0 Å². The van der Waals surface area contributed by atoms with E-state index in [1.54, 1.807) is 6.92 Å². The first kappa shape index (κ1) is 15.9. The van der Waals surface area contributed by atoms with Crippen LogP contribution in [0, 0.1) is 0 Å². The van der Waals surface area contributed by atoms with Gasteiger partial charge in [0.05, 0.1) is 5.60 Å². The zero-order chi connectivity index (χ0) is 13.5. The number of nitrogens with one attached hydrogen (secondary N) is 2. The highest BCUT2D eigenvalue weighted by molar-refractivity contribution is 5.77. The molecule has 0 aromatic carbocycles. The number of hydrogen-bond acceptors (Lipinski definition) is 4. The van der Waals surface area contributed by atoms with Gasteiger partial charge in [-0.3, -0.25) is 9.59 Å². The van der Waals surface area contributed by atoms with Gasteiger partial charge in [-0.15, -0.1) is 0 Å². The molecule has 0 bridgehead atoms. The van der Waals surface area contributed by atoms with Crippen LogP contribution in [0.1, 0.15) is 20.3 Å². The van der Waals surface area contributed by atoms with Crippen molar-refractivity contribution in [2.24, 2.45) is 0 Å². The van der Waals surface area contributed by atoms with Crippen LogP contribution in [-0.2, 0) is 9.59 Å². The van der Waals surface area contributed by atoms with Crippen LogP contribution in [0.25, 0.3) is 0 Å². The van der Waals surface area contributed by atoms with Gasteiger partial charge in [-0.2, -0.15) is 0 Å². The van der Waals surface area contributed by atoms with E-state index in [1.807, 2.05) is 19.0 Å². The molecule has 0 heterocycles. The molecular weight excluding hydrogens is 222 g/mol. The minimum atomic E-state index is -0.951. The third-order valence-corrected chi connectivity index (χ3v) is 2.05. The van der Waals surface area contributed by atoms with E-state index in [0.717, 1.165) is 0 Å². The summed E-state index contributed by atoms with van der Waals surface area (Å²) in [4.78, 5) is 23.8. The number of aliphatic hydroxyl groups is 1. The fraction of sp³-hybridized carbons (Fsp3) is 0.818. The van der Waals surface area contributed by atoms with Crippen molar-refractivity contribution < 1.29 is 14.7 Å². The van der Waals surface area contributed by atoms with Crippen LogP contribution in [0.5, 0.6) is 0 Å². The first-order valence-corrected chi connectivity index (χ1v) is 5.61. The lowest BCUT2D eigenvalue weighted by molar-refractivity contribution is -0.122. The summed E-state index contributed by atoms with van der Waals surface area (Å²) in [6.07, 6.45) is 0.220. The SMILES string of the molecule is CC(=O)NCCC(=O)NCC(C)(O)CN(C)C. The first-order valence-electron chi connectivity index (χ1n) is 5.61. The van der Waals surface area contributed by atoms with Crippen molar-refractivity contribution in [2.75, 3.05) is 33.7 Å². The normalized spacial score (nSPS) is 14.2. The zero-order valence-electron chi connectivity index (χ0n) is 11.0. The quantitative estimate of drug-likeness (QED) is 0.534. The minimum absolute atomic E-state index is 0.155. The van der Waals surface area contributed by atoms with E-state index in [9.17, 15) is 14.7 Å². The van der Waals surface area contributed by atoms with Crippen LogP contribution in [0.2, 0.25) is 0 Å². The highest BCUT2D eigenvalue weighted by Crippen LogP contribution is 2.02. The lowest BCUT2D eigenvalue weighted by atomic mass is 10.1. The summed E-state index contributed by atoms with van der Waals surface area (Å²) < 4.78 is 0. The molecule has 0 radical (unpaired) electrons. The molecule has 6 heteroatoms. The van der Waals surface area contributed by atoms with E-state index in [1.165, 1.54) is 6.92 Å². The number of carbonyl (C=O) groups is 2. The van der Waals surface area contributed by atoms with Gasteiger partial charge >= 0.3 is 0 Å². The Morgan fingerprint density at radius 2 is 1.88 bits per heavy atom. The number of likely N-dealkylation sites (N-methyl/N-ethyl adjacent to an activating group) is 1. The molecule has 1 atom stereocenters. The third kappa shape index (κ3) is 9.77. The van der Waals surface area contributed by atoms with Gasteiger partial charge in [0, 0.05) is 33.0 Å². The van der Waals surface area contributed by atoms with Crippen molar-refractivity contribution in [3.05, 3.63) is 0 Å². The minimum Gasteiger partial charge on any atom is -0.387 e. The summed E-state index contributed by atoms with van der Waals surface area (Å²) >= 11 is 0. The Kier molecular flexibility index (Phi) is 6.75. The van der Waals surface area contributed by atoms with Crippen molar-refractivity contribution in [1.29, 1.82) is 0 Å². The molecule has 0 aliphatic heterocycles. The average molecular weight is 245 g/mol. The van der Waals surface area contributed by atoms with Crippen LogP contribution >= 0.6 is 0 Å². The topological polar surface area (TPSA) is 81.7 Å². The fourth-order valence-electron chi connectivity index (χ4n) is 1.47. The molecule has 0 saturated carbocycles. The summed E-state index contributed by atoms with van der Waals surface area (Å²) in [7, 11) is 3.71. The molecule has 1 unspecified atom stereocenters. The largest absolute Gasteiger partial charge is 0.387 e. The van der Waals surface area contributed by atoms with Gasteiger partial charge in [0.25, 0.3) is 0 Å². The maximum atomic E-state index is 11.4. The smallest absolute Gasteiger partial charge is 0.221 e. The van der Waals surface area contributed by atoms with E-state index in [-0.39, 0.29) is 24.8 Å². The van der Waals surface area contributed by atoms with Crippen molar-refractivity contribution in [3.8, 4) is 0 Å². The standard InChI is InChI=1S/C11H23N3O3/c1-9(15)12-6-5-10(16)13-7-11(2,17)8-14(3)4/h17H,5-8H2,1-4H3,(H,12,15)(H,13,16). The molecule has 0 saturated heterocycles. The maximum Gasteiger partial charge on any atom is 0.221 e. The van der Waals surface area contributed by atoms with Gasteiger partial charge in [0.15, 0.2) is 0 Å². The fourth-order valence-corrected chi connectivity index (χ4v) is 1.47. The Balaban J connectivity index is 3.79. The second-order valence-corrected chi connectivity index (χ2v) is 4.74. The molecule has 6 nitrogen and oxygen atoms in total. The molecular formula is C11H23N3O3. The molecule has 0 aromatic rings. The van der Waals surface area contributed by atoms with Crippen LogP contribution in [0.4, 0.5) is 0 Å². The van der Waals surface area contributed by atoms with Crippen LogP contribution in [0.3, 0.4) is 0 Å². The molecule has 0 spiro atoms. The van der Waals surface area contributed by atoms with E-state index in [2.05, 4.69) is 10.6 Å². The maximum absolute atomic E-state index is 11.4. The molecule has 0 rings (SSSR count). The lowest BCUT2D eigenvalue weighted by Gasteiger charge is -2.27. The van der Waals surface area contributed by atoms with E-state index >= 15 is 0 Å². The van der Waals surface area contributed by atoms with Crippen LogP contribution in [0.15, 0.2) is 0 Å². The number of carbonyl (C=O) groups excluding carboxylic acids is 2. The Bertz CT molecular complexity index is 265. The van der Waals surface area contributed by atoms with Gasteiger partial charge < -0.3 is 20.6 Å². The van der Waals surface area contributed by atoms with Crippen LogP contribution in [-0.4, -0.2) is 61.2 Å². The van der Waals surface area contributed by atoms with Gasteiger partial charge in [-0.25, -0.2) is 0 Å². The van der Waals surface area contributed by atoms with Crippen molar-refractivity contribution >= 4 is 11.8 Å². The lowest BCUT2D eigenvalue weighted by Crippen LogP contribution is -2.47. The summed E-state index contributed by atoms with van der Waals surface area (Å²) in [6, 6.07) is 0. The Labute approximate surface area is 102 Å². The molecule has 2 amide bonds. The third-order valence-electron chi connectivity index (χ3n) is 2.05. The molecule has 0 aromatic heterocycles. The van der Waals surface area contributed by atoms with E-state index in [0.29, 0.717) is 13.1 Å². The molecule has 3 N–H and O–H groups in total. The molecule has 100 valence electrons. The summed E-state index contributed by atoms with van der Waals surface area (Å²) in [6.45, 7) is 4.06. The highest BCUT2D eigenvalue weighted by atomic mass is 16.3. The monoisotopic (exact) mass is 245 g/mol. The van der Waals surface area contributed by atoms with Gasteiger partial charge in [-0.05, 0) is 21.0 Å². The summed E-state index contributed by atoms with van der Waals surface area (Å²) in [5.41, 5.74) is -0.951. The molecule has 0 fully saturated rings. The molecule has 0 aliphatic carbocycles. The first-order chi connectivity index (χ1) is 7.73. The van der Waals surface area contributed by atoms with E-state index in [4.69, 9.17) is 0 Å². The van der Waals surface area contributed by atoms with Crippen molar-refractivity contribution in [2.45, 2.75) is 25.9 Å². The molecule has 17 heavy (non-hydrogen) atoms. The predicted octanol–water partition coefficient (Wildman–Crippen LogP) is -1.06. The Morgan fingerprint density at radius 3 is 2.35 bits per heavy atom. The van der Waals surface area contributed by atoms with Gasteiger partial charge in [0.1, 0.15) is 0 Å². The molecule has 0 aliphatic rings. The van der Waals surface area contributed by atoms with Crippen LogP contribution < -0.4 is 10.6 Å². The van der Waals surface area contributed by atoms with E-state index < -0.39 is 5.60 Å². The zero-order valence-corrected chi connectivity index (χ0v) is 11.0. The number of rotatable bonds is 7. The van der Waals surface area contributed by atoms with Crippen molar-refractivity contribution in [1.82, 2.24) is 15.5 Å². The second kappa shape index (κ2) is 7.24. The number of hydrogen-bond donors (Lipinski definition) is 3. The van der Waals surface area contributed by atoms with Gasteiger partial charge in [0.2, 0.25) is 11.8 Å². The van der Waals surface area contributed by atoms with Crippen molar-refractivity contribution in [3.63, 3.8) is 0 Å². The second-order valence-electron chi connectivity index (χ2n) is 4.74. The Hall–Kier alpha value is -1.14. The summed E-state index contributed by atoms with van der Waals surface area (Å²) in [5.74, 6) is -0.338. The highest BCUT2D eigenvalue weighted by Gasteiger charge is 2.21. The number of nitrogens with zero attached hydrogens (tertiary/aromatic N) is 1. The predicted molar refractivity (Wildman–Crippen MR) is 65.5 cm³/mol. The Morgan fingerprint density at radius 1 is 1.29 bits per heavy atom. The number of amides is 2. The summed E-state index contributed by atoms with van der Waals surface area (Å²) in [5, 5.41) is 15.1.